The first-order chi connectivity index (χ1) is 16.1. The smallest absolute Gasteiger partial charge is 0.149 e. The molecule has 0 bridgehead atoms. The van der Waals surface area contributed by atoms with Gasteiger partial charge < -0.3 is 24.8 Å². The highest BCUT2D eigenvalue weighted by Gasteiger charge is 2.34. The van der Waals surface area contributed by atoms with Gasteiger partial charge in [-0.2, -0.15) is 0 Å². The SMILES string of the molecule is COc1c(Br)cc(C(O)C2=C(c3ccc(O)c(Br)c3)/C(=C/c3cc(Br)c(O)c(Br)c3)O2)cc1Br. The Hall–Kier alpha value is -1.30. The second kappa shape index (κ2) is 10.4. The quantitative estimate of drug-likeness (QED) is 0.242. The van der Waals surface area contributed by atoms with Crippen molar-refractivity contribution < 1.29 is 24.8 Å². The summed E-state index contributed by atoms with van der Waals surface area (Å²) < 4.78 is 14.3. The average Bonchev–Trinajstić information content (AvgIpc) is 2.76. The zero-order valence-electron chi connectivity index (χ0n) is 17.2. The van der Waals surface area contributed by atoms with Gasteiger partial charge in [0.2, 0.25) is 0 Å². The van der Waals surface area contributed by atoms with Crippen molar-refractivity contribution in [2.24, 2.45) is 0 Å². The van der Waals surface area contributed by atoms with Crippen molar-refractivity contribution in [2.45, 2.75) is 6.10 Å². The molecule has 4 rings (SSSR count). The summed E-state index contributed by atoms with van der Waals surface area (Å²) >= 11 is 17.0. The number of aromatic hydroxyl groups is 2. The van der Waals surface area contributed by atoms with E-state index in [0.717, 1.165) is 11.1 Å². The van der Waals surface area contributed by atoms with Crippen LogP contribution in [0, 0.1) is 0 Å². The zero-order chi connectivity index (χ0) is 24.7. The van der Waals surface area contributed by atoms with E-state index in [1.54, 1.807) is 55.7 Å². The number of phenols is 2. The first-order valence-corrected chi connectivity index (χ1v) is 13.6. The second-order valence-corrected chi connectivity index (χ2v) is 11.5. The van der Waals surface area contributed by atoms with Gasteiger partial charge in [0.25, 0.3) is 0 Å². The monoisotopic (exact) mass is 778 g/mol. The van der Waals surface area contributed by atoms with Crippen LogP contribution in [0.15, 0.2) is 76.3 Å². The van der Waals surface area contributed by atoms with Crippen LogP contribution < -0.4 is 4.74 Å². The van der Waals surface area contributed by atoms with E-state index in [4.69, 9.17) is 9.47 Å². The van der Waals surface area contributed by atoms with E-state index in [0.29, 0.717) is 50.8 Å². The summed E-state index contributed by atoms with van der Waals surface area (Å²) in [5.41, 5.74) is 2.81. The van der Waals surface area contributed by atoms with E-state index in [9.17, 15) is 15.3 Å². The Bertz CT molecular complexity index is 1320. The largest absolute Gasteiger partial charge is 0.507 e. The van der Waals surface area contributed by atoms with E-state index in [1.165, 1.54) is 0 Å². The Morgan fingerprint density at radius 2 is 1.47 bits per heavy atom. The van der Waals surface area contributed by atoms with Gasteiger partial charge in [-0.25, -0.2) is 0 Å². The Balaban J connectivity index is 1.83. The number of benzene rings is 3. The number of rotatable bonds is 5. The van der Waals surface area contributed by atoms with Crippen LogP contribution >= 0.6 is 79.6 Å². The molecule has 3 aromatic carbocycles. The van der Waals surface area contributed by atoms with Crippen LogP contribution in [0.4, 0.5) is 0 Å². The maximum Gasteiger partial charge on any atom is 0.149 e. The predicted molar refractivity (Wildman–Crippen MR) is 149 cm³/mol. The fourth-order valence-corrected chi connectivity index (χ4v) is 6.59. The van der Waals surface area contributed by atoms with Gasteiger partial charge >= 0.3 is 0 Å². The van der Waals surface area contributed by atoms with Crippen molar-refractivity contribution in [3.63, 3.8) is 0 Å². The van der Waals surface area contributed by atoms with E-state index in [-0.39, 0.29) is 11.5 Å². The van der Waals surface area contributed by atoms with Gasteiger partial charge in [0.15, 0.2) is 0 Å². The van der Waals surface area contributed by atoms with Gasteiger partial charge in [-0.1, -0.05) is 6.07 Å². The number of aliphatic hydroxyl groups excluding tert-OH is 1. The van der Waals surface area contributed by atoms with Crippen LogP contribution in [0.5, 0.6) is 17.2 Å². The number of halogens is 5. The number of methoxy groups -OCH3 is 1. The van der Waals surface area contributed by atoms with E-state index < -0.39 is 6.10 Å². The number of phenolic OH excluding ortho intramolecular Hbond substituents is 2. The molecule has 0 aliphatic carbocycles. The molecular weight excluding hydrogens is 768 g/mol. The maximum atomic E-state index is 11.2. The van der Waals surface area contributed by atoms with Crippen LogP contribution in [0.25, 0.3) is 11.6 Å². The Labute approximate surface area is 237 Å². The fraction of sp³-hybridized carbons (Fsp3) is 0.0833. The normalized spacial score (nSPS) is 15.2. The minimum absolute atomic E-state index is 0.0988. The predicted octanol–water partition coefficient (Wildman–Crippen LogP) is 8.43. The highest BCUT2D eigenvalue weighted by Crippen LogP contribution is 2.48. The van der Waals surface area contributed by atoms with Crippen LogP contribution in [0.2, 0.25) is 0 Å². The molecular formula is C24H15Br5O5. The van der Waals surface area contributed by atoms with Crippen molar-refractivity contribution in [3.8, 4) is 17.2 Å². The number of hydrogen-bond acceptors (Lipinski definition) is 5. The number of allylic oxidation sites excluding steroid dienone is 1. The van der Waals surface area contributed by atoms with E-state index >= 15 is 0 Å². The molecule has 3 N–H and O–H groups in total. The van der Waals surface area contributed by atoms with Crippen LogP contribution in [0.3, 0.4) is 0 Å². The molecule has 3 aromatic rings. The molecule has 1 aliphatic heterocycles. The molecule has 0 fully saturated rings. The van der Waals surface area contributed by atoms with E-state index in [1.807, 2.05) is 0 Å². The molecule has 0 spiro atoms. The van der Waals surface area contributed by atoms with Gasteiger partial charge in [0, 0.05) is 0 Å². The minimum Gasteiger partial charge on any atom is -0.507 e. The molecule has 0 radical (unpaired) electrons. The maximum absolute atomic E-state index is 11.2. The van der Waals surface area contributed by atoms with Crippen LogP contribution in [-0.4, -0.2) is 22.4 Å². The Morgan fingerprint density at radius 1 is 0.853 bits per heavy atom. The fourth-order valence-electron chi connectivity index (χ4n) is 3.44. The molecule has 1 aliphatic rings. The lowest BCUT2D eigenvalue weighted by atomic mass is 9.92. The Kier molecular flexibility index (Phi) is 7.86. The number of ether oxygens (including phenoxy) is 2. The van der Waals surface area contributed by atoms with Crippen molar-refractivity contribution in [3.05, 3.63) is 93.0 Å². The third kappa shape index (κ3) is 4.99. The number of hydrogen-bond donors (Lipinski definition) is 3. The zero-order valence-corrected chi connectivity index (χ0v) is 25.2. The molecule has 0 aromatic heterocycles. The van der Waals surface area contributed by atoms with Crippen molar-refractivity contribution >= 4 is 91.3 Å². The minimum atomic E-state index is -1.06. The molecule has 0 saturated heterocycles. The first kappa shape index (κ1) is 25.8. The van der Waals surface area contributed by atoms with E-state index in [2.05, 4.69) is 79.6 Å². The molecule has 1 atom stereocenters. The summed E-state index contributed by atoms with van der Waals surface area (Å²) in [4.78, 5) is 0. The third-order valence-corrected chi connectivity index (χ3v) is 8.10. The number of aliphatic hydroxyl groups is 1. The summed E-state index contributed by atoms with van der Waals surface area (Å²) in [6.07, 6.45) is 0.748. The molecule has 0 amide bonds. The van der Waals surface area contributed by atoms with Gasteiger partial charge in [-0.15, -0.1) is 0 Å². The lowest BCUT2D eigenvalue weighted by Gasteiger charge is -2.31. The third-order valence-electron chi connectivity index (χ3n) is 5.07. The summed E-state index contributed by atoms with van der Waals surface area (Å²) in [5.74, 6) is 1.71. The molecule has 34 heavy (non-hydrogen) atoms. The molecule has 10 heteroatoms. The molecule has 0 saturated carbocycles. The highest BCUT2D eigenvalue weighted by atomic mass is 79.9. The van der Waals surface area contributed by atoms with Crippen molar-refractivity contribution in [2.75, 3.05) is 7.11 Å². The molecule has 1 unspecified atom stereocenters. The topological polar surface area (TPSA) is 79.2 Å². The Morgan fingerprint density at radius 3 is 2.03 bits per heavy atom. The summed E-state index contributed by atoms with van der Waals surface area (Å²) in [6, 6.07) is 12.1. The standard InChI is InChI=1S/C24H15Br5O5/c1-33-23-16(28)8-12(9-17(23)29)21(31)24-20(11-2-3-18(30)13(25)7-11)19(34-24)6-10-4-14(26)22(32)15(27)5-10/h2-9,21,30-32H,1H3/b19-6-. The van der Waals surface area contributed by atoms with Gasteiger partial charge in [-0.3, -0.25) is 0 Å². The summed E-state index contributed by atoms with van der Waals surface area (Å²) in [7, 11) is 1.57. The van der Waals surface area contributed by atoms with Gasteiger partial charge in [-0.05, 0) is 139 Å². The van der Waals surface area contributed by atoms with Crippen molar-refractivity contribution in [1.29, 1.82) is 0 Å². The van der Waals surface area contributed by atoms with Crippen molar-refractivity contribution in [1.82, 2.24) is 0 Å². The summed E-state index contributed by atoms with van der Waals surface area (Å²) in [5, 5.41) is 31.2. The molecule has 1 heterocycles. The first-order valence-electron chi connectivity index (χ1n) is 9.62. The average molecular weight is 783 g/mol. The second-order valence-electron chi connectivity index (χ2n) is 7.27. The van der Waals surface area contributed by atoms with Gasteiger partial charge in [0.05, 0.1) is 35.0 Å². The van der Waals surface area contributed by atoms with Gasteiger partial charge in [0.1, 0.15) is 34.9 Å². The van der Waals surface area contributed by atoms with Crippen LogP contribution in [-0.2, 0) is 4.74 Å². The molecule has 176 valence electrons. The lowest BCUT2D eigenvalue weighted by Crippen LogP contribution is -2.18. The molecule has 5 nitrogen and oxygen atoms in total. The lowest BCUT2D eigenvalue weighted by molar-refractivity contribution is 0.124. The highest BCUT2D eigenvalue weighted by molar-refractivity contribution is 9.11. The van der Waals surface area contributed by atoms with Crippen LogP contribution in [0.1, 0.15) is 22.8 Å². The summed E-state index contributed by atoms with van der Waals surface area (Å²) in [6.45, 7) is 0.